The van der Waals surface area contributed by atoms with E-state index in [9.17, 15) is 0 Å². The summed E-state index contributed by atoms with van der Waals surface area (Å²) in [6.45, 7) is 4.78. The molecule has 0 aliphatic carbocycles. The van der Waals surface area contributed by atoms with Crippen molar-refractivity contribution >= 4 is 11.4 Å². The van der Waals surface area contributed by atoms with Crippen LogP contribution < -0.4 is 10.6 Å². The summed E-state index contributed by atoms with van der Waals surface area (Å²) in [6.07, 6.45) is 3.94. The quantitative estimate of drug-likeness (QED) is 0.852. The summed E-state index contributed by atoms with van der Waals surface area (Å²) in [7, 11) is 0. The van der Waals surface area contributed by atoms with Crippen LogP contribution in [-0.4, -0.2) is 21.3 Å². The standard InChI is InChI=1S/C14H19N5/c1-2-19-14(16-10-17-19)9-18-7-3-4-11-5-6-12(15)8-13(11)18/h5-6,8,10H,2-4,7,9,15H2,1H3. The van der Waals surface area contributed by atoms with Crippen LogP contribution in [-0.2, 0) is 19.5 Å². The SMILES string of the molecule is CCn1ncnc1CN1CCCc2ccc(N)cc21. The average molecular weight is 257 g/mol. The Labute approximate surface area is 113 Å². The minimum absolute atomic E-state index is 0.796. The van der Waals surface area contributed by atoms with Gasteiger partial charge in [-0.25, -0.2) is 9.67 Å². The fourth-order valence-electron chi connectivity index (χ4n) is 2.68. The van der Waals surface area contributed by atoms with Gasteiger partial charge in [0.15, 0.2) is 0 Å². The van der Waals surface area contributed by atoms with E-state index in [2.05, 4.69) is 34.0 Å². The van der Waals surface area contributed by atoms with Crippen LogP contribution in [0.3, 0.4) is 0 Å². The maximum atomic E-state index is 5.91. The first-order valence-electron chi connectivity index (χ1n) is 6.78. The highest BCUT2D eigenvalue weighted by molar-refractivity contribution is 5.62. The van der Waals surface area contributed by atoms with Gasteiger partial charge in [-0.15, -0.1) is 0 Å². The van der Waals surface area contributed by atoms with Crippen LogP contribution in [0.4, 0.5) is 11.4 Å². The molecule has 2 heterocycles. The molecule has 0 radical (unpaired) electrons. The molecule has 0 spiro atoms. The summed E-state index contributed by atoms with van der Waals surface area (Å²) in [4.78, 5) is 6.71. The van der Waals surface area contributed by atoms with Crippen LogP contribution in [0.2, 0.25) is 0 Å². The number of fused-ring (bicyclic) bond motifs is 1. The Kier molecular flexibility index (Phi) is 3.11. The number of hydrogen-bond acceptors (Lipinski definition) is 4. The molecular formula is C14H19N5. The number of hydrogen-bond donors (Lipinski definition) is 1. The van der Waals surface area contributed by atoms with Gasteiger partial charge in [0.2, 0.25) is 0 Å². The van der Waals surface area contributed by atoms with Gasteiger partial charge < -0.3 is 10.6 Å². The third-order valence-corrected chi connectivity index (χ3v) is 3.65. The molecule has 0 unspecified atom stereocenters. The molecule has 0 amide bonds. The van der Waals surface area contributed by atoms with Gasteiger partial charge in [0.05, 0.1) is 6.54 Å². The first-order valence-corrected chi connectivity index (χ1v) is 6.78. The van der Waals surface area contributed by atoms with Crippen LogP contribution in [0.1, 0.15) is 24.7 Å². The van der Waals surface area contributed by atoms with Crippen molar-refractivity contribution in [3.8, 4) is 0 Å². The average Bonchev–Trinajstić information content (AvgIpc) is 2.87. The zero-order chi connectivity index (χ0) is 13.2. The predicted molar refractivity (Wildman–Crippen MR) is 75.9 cm³/mol. The largest absolute Gasteiger partial charge is 0.399 e. The fraction of sp³-hybridized carbons (Fsp3) is 0.429. The molecule has 0 saturated heterocycles. The Morgan fingerprint density at radius 2 is 2.26 bits per heavy atom. The lowest BCUT2D eigenvalue weighted by Crippen LogP contribution is -2.30. The Morgan fingerprint density at radius 3 is 3.11 bits per heavy atom. The van der Waals surface area contributed by atoms with E-state index in [0.29, 0.717) is 0 Å². The molecule has 19 heavy (non-hydrogen) atoms. The molecule has 2 N–H and O–H groups in total. The molecule has 0 saturated carbocycles. The molecule has 0 bridgehead atoms. The van der Waals surface area contributed by atoms with E-state index < -0.39 is 0 Å². The molecule has 3 rings (SSSR count). The molecule has 0 atom stereocenters. The van der Waals surface area contributed by atoms with Crippen LogP contribution in [0.25, 0.3) is 0 Å². The van der Waals surface area contributed by atoms with E-state index in [1.165, 1.54) is 17.7 Å². The molecule has 0 fully saturated rings. The zero-order valence-electron chi connectivity index (χ0n) is 11.2. The molecule has 5 nitrogen and oxygen atoms in total. The Hall–Kier alpha value is -2.04. The van der Waals surface area contributed by atoms with E-state index in [4.69, 9.17) is 5.73 Å². The summed E-state index contributed by atoms with van der Waals surface area (Å²) >= 11 is 0. The summed E-state index contributed by atoms with van der Waals surface area (Å²) in [5.41, 5.74) is 9.36. The molecule has 5 heteroatoms. The second-order valence-corrected chi connectivity index (χ2v) is 4.91. The topological polar surface area (TPSA) is 60.0 Å². The van der Waals surface area contributed by atoms with Gasteiger partial charge in [-0.1, -0.05) is 6.07 Å². The van der Waals surface area contributed by atoms with Crippen LogP contribution in [0.5, 0.6) is 0 Å². The highest BCUT2D eigenvalue weighted by Crippen LogP contribution is 2.29. The van der Waals surface area contributed by atoms with E-state index in [1.54, 1.807) is 6.33 Å². The van der Waals surface area contributed by atoms with Crippen molar-refractivity contribution in [2.24, 2.45) is 0 Å². The molecule has 1 aliphatic rings. The first-order chi connectivity index (χ1) is 9.28. The van der Waals surface area contributed by atoms with Gasteiger partial charge in [0, 0.05) is 24.5 Å². The summed E-state index contributed by atoms with van der Waals surface area (Å²) in [6, 6.07) is 6.19. The van der Waals surface area contributed by atoms with Crippen LogP contribution >= 0.6 is 0 Å². The Bertz CT molecular complexity index is 575. The van der Waals surface area contributed by atoms with Crippen molar-refractivity contribution in [2.45, 2.75) is 32.9 Å². The van der Waals surface area contributed by atoms with E-state index in [0.717, 1.165) is 37.6 Å². The molecular weight excluding hydrogens is 238 g/mol. The van der Waals surface area contributed by atoms with Crippen molar-refractivity contribution < 1.29 is 0 Å². The van der Waals surface area contributed by atoms with Crippen molar-refractivity contribution in [1.29, 1.82) is 0 Å². The predicted octanol–water partition coefficient (Wildman–Crippen LogP) is 1.83. The number of nitrogens with zero attached hydrogens (tertiary/aromatic N) is 4. The monoisotopic (exact) mass is 257 g/mol. The number of rotatable bonds is 3. The molecule has 2 aromatic rings. The number of nitrogen functional groups attached to an aromatic ring is 1. The zero-order valence-corrected chi connectivity index (χ0v) is 11.2. The molecule has 1 aromatic carbocycles. The second-order valence-electron chi connectivity index (χ2n) is 4.91. The molecule has 1 aliphatic heterocycles. The maximum Gasteiger partial charge on any atom is 0.146 e. The van der Waals surface area contributed by atoms with Crippen molar-refractivity contribution in [2.75, 3.05) is 17.2 Å². The molecule has 1 aromatic heterocycles. The lowest BCUT2D eigenvalue weighted by atomic mass is 10.0. The van der Waals surface area contributed by atoms with Gasteiger partial charge in [-0.3, -0.25) is 0 Å². The Balaban J connectivity index is 1.89. The lowest BCUT2D eigenvalue weighted by molar-refractivity contribution is 0.590. The van der Waals surface area contributed by atoms with Gasteiger partial charge >= 0.3 is 0 Å². The number of nitrogens with two attached hydrogens (primary N) is 1. The normalized spacial score (nSPS) is 14.5. The number of aromatic nitrogens is 3. The van der Waals surface area contributed by atoms with E-state index in [1.807, 2.05) is 10.7 Å². The third-order valence-electron chi connectivity index (χ3n) is 3.65. The first kappa shape index (κ1) is 12.0. The van der Waals surface area contributed by atoms with Gasteiger partial charge in [-0.2, -0.15) is 5.10 Å². The van der Waals surface area contributed by atoms with Crippen molar-refractivity contribution in [1.82, 2.24) is 14.8 Å². The summed E-state index contributed by atoms with van der Waals surface area (Å²) in [5.74, 6) is 1.01. The van der Waals surface area contributed by atoms with E-state index >= 15 is 0 Å². The van der Waals surface area contributed by atoms with Crippen LogP contribution in [0, 0.1) is 0 Å². The summed E-state index contributed by atoms with van der Waals surface area (Å²) in [5, 5.41) is 4.23. The van der Waals surface area contributed by atoms with Gasteiger partial charge in [0.1, 0.15) is 12.2 Å². The van der Waals surface area contributed by atoms with Crippen LogP contribution in [0.15, 0.2) is 24.5 Å². The Morgan fingerprint density at radius 1 is 1.37 bits per heavy atom. The minimum Gasteiger partial charge on any atom is -0.399 e. The smallest absolute Gasteiger partial charge is 0.146 e. The fourth-order valence-corrected chi connectivity index (χ4v) is 2.68. The van der Waals surface area contributed by atoms with Crippen molar-refractivity contribution in [3.63, 3.8) is 0 Å². The maximum absolute atomic E-state index is 5.91. The highest BCUT2D eigenvalue weighted by atomic mass is 15.3. The molecule has 100 valence electrons. The number of aryl methyl sites for hydroxylation is 2. The lowest BCUT2D eigenvalue weighted by Gasteiger charge is -2.31. The number of anilines is 2. The van der Waals surface area contributed by atoms with Crippen molar-refractivity contribution in [3.05, 3.63) is 35.9 Å². The van der Waals surface area contributed by atoms with E-state index in [-0.39, 0.29) is 0 Å². The van der Waals surface area contributed by atoms with Gasteiger partial charge in [-0.05, 0) is 37.5 Å². The highest BCUT2D eigenvalue weighted by Gasteiger charge is 2.18. The summed E-state index contributed by atoms with van der Waals surface area (Å²) < 4.78 is 1.95. The third kappa shape index (κ3) is 2.28. The number of benzene rings is 1. The second kappa shape index (κ2) is 4.91. The minimum atomic E-state index is 0.796. The van der Waals surface area contributed by atoms with Gasteiger partial charge in [0.25, 0.3) is 0 Å².